The SMILES string of the molecule is Cc1c(N)nnn1-c1ccc(C(C)(C)C)cc1. The van der Waals surface area contributed by atoms with Crippen LogP contribution in [0.4, 0.5) is 5.82 Å². The van der Waals surface area contributed by atoms with Crippen molar-refractivity contribution < 1.29 is 0 Å². The normalized spacial score (nSPS) is 11.8. The standard InChI is InChI=1S/C13H18N4/c1-9-12(14)15-16-17(9)11-7-5-10(6-8-11)13(2,3)4/h5-8H,14H2,1-4H3. The van der Waals surface area contributed by atoms with Crippen molar-refractivity contribution in [1.29, 1.82) is 0 Å². The molecule has 0 aliphatic heterocycles. The summed E-state index contributed by atoms with van der Waals surface area (Å²) in [6.45, 7) is 8.50. The second-order valence-electron chi connectivity index (χ2n) is 5.27. The van der Waals surface area contributed by atoms with E-state index in [2.05, 4.69) is 43.2 Å². The lowest BCUT2D eigenvalue weighted by Crippen LogP contribution is -2.11. The number of hydrogen-bond donors (Lipinski definition) is 1. The maximum atomic E-state index is 5.68. The quantitative estimate of drug-likeness (QED) is 0.818. The van der Waals surface area contributed by atoms with Crippen molar-refractivity contribution in [3.8, 4) is 5.69 Å². The molecule has 0 aliphatic rings. The van der Waals surface area contributed by atoms with Gasteiger partial charge < -0.3 is 5.73 Å². The number of aromatic nitrogens is 3. The van der Waals surface area contributed by atoms with Crippen LogP contribution in [0.1, 0.15) is 32.0 Å². The maximum absolute atomic E-state index is 5.68. The zero-order chi connectivity index (χ0) is 12.6. The van der Waals surface area contributed by atoms with E-state index in [1.54, 1.807) is 4.68 Å². The molecule has 4 heteroatoms. The largest absolute Gasteiger partial charge is 0.381 e. The summed E-state index contributed by atoms with van der Waals surface area (Å²) in [6, 6.07) is 8.32. The van der Waals surface area contributed by atoms with E-state index >= 15 is 0 Å². The first-order valence-corrected chi connectivity index (χ1v) is 5.68. The highest BCUT2D eigenvalue weighted by Crippen LogP contribution is 2.23. The van der Waals surface area contributed by atoms with E-state index in [0.717, 1.165) is 11.4 Å². The molecule has 4 nitrogen and oxygen atoms in total. The van der Waals surface area contributed by atoms with E-state index in [9.17, 15) is 0 Å². The third-order valence-electron chi connectivity index (χ3n) is 2.91. The number of nitrogen functional groups attached to an aromatic ring is 1. The third kappa shape index (κ3) is 2.16. The molecule has 1 aromatic heterocycles. The molecule has 2 N–H and O–H groups in total. The zero-order valence-corrected chi connectivity index (χ0v) is 10.7. The summed E-state index contributed by atoms with van der Waals surface area (Å²) in [5, 5.41) is 7.87. The van der Waals surface area contributed by atoms with Crippen molar-refractivity contribution in [2.24, 2.45) is 0 Å². The highest BCUT2D eigenvalue weighted by molar-refractivity contribution is 5.41. The topological polar surface area (TPSA) is 56.7 Å². The van der Waals surface area contributed by atoms with Crippen molar-refractivity contribution in [1.82, 2.24) is 15.0 Å². The molecule has 0 atom stereocenters. The lowest BCUT2D eigenvalue weighted by molar-refractivity contribution is 0.590. The van der Waals surface area contributed by atoms with Gasteiger partial charge in [0.1, 0.15) is 0 Å². The van der Waals surface area contributed by atoms with Gasteiger partial charge in [-0.1, -0.05) is 38.1 Å². The fraction of sp³-hybridized carbons (Fsp3) is 0.385. The van der Waals surface area contributed by atoms with Crippen molar-refractivity contribution >= 4 is 5.82 Å². The molecular formula is C13H18N4. The molecule has 0 bridgehead atoms. The van der Waals surface area contributed by atoms with Gasteiger partial charge in [0.15, 0.2) is 5.82 Å². The molecule has 0 radical (unpaired) electrons. The molecule has 0 amide bonds. The summed E-state index contributed by atoms with van der Waals surface area (Å²) in [7, 11) is 0. The average molecular weight is 230 g/mol. The zero-order valence-electron chi connectivity index (χ0n) is 10.7. The summed E-state index contributed by atoms with van der Waals surface area (Å²) in [5.74, 6) is 0.477. The molecule has 17 heavy (non-hydrogen) atoms. The summed E-state index contributed by atoms with van der Waals surface area (Å²) < 4.78 is 1.75. The number of anilines is 1. The van der Waals surface area contributed by atoms with E-state index in [0.29, 0.717) is 5.82 Å². The van der Waals surface area contributed by atoms with Crippen molar-refractivity contribution in [3.63, 3.8) is 0 Å². The lowest BCUT2D eigenvalue weighted by Gasteiger charge is -2.19. The van der Waals surface area contributed by atoms with Crippen molar-refractivity contribution in [3.05, 3.63) is 35.5 Å². The van der Waals surface area contributed by atoms with Crippen LogP contribution in [-0.2, 0) is 5.41 Å². The van der Waals surface area contributed by atoms with E-state index in [1.165, 1.54) is 5.56 Å². The molecular weight excluding hydrogens is 212 g/mol. The summed E-state index contributed by atoms with van der Waals surface area (Å²) >= 11 is 0. The Morgan fingerprint density at radius 1 is 1.12 bits per heavy atom. The van der Waals surface area contributed by atoms with Crippen LogP contribution >= 0.6 is 0 Å². The van der Waals surface area contributed by atoms with Gasteiger partial charge in [-0.3, -0.25) is 0 Å². The Hall–Kier alpha value is -1.84. The minimum atomic E-state index is 0.162. The fourth-order valence-electron chi connectivity index (χ4n) is 1.69. The first-order chi connectivity index (χ1) is 7.89. The number of nitrogens with zero attached hydrogens (tertiary/aromatic N) is 3. The van der Waals surface area contributed by atoms with E-state index < -0.39 is 0 Å². The van der Waals surface area contributed by atoms with Gasteiger partial charge in [-0.15, -0.1) is 5.10 Å². The first kappa shape index (κ1) is 11.6. The fourth-order valence-corrected chi connectivity index (χ4v) is 1.69. The van der Waals surface area contributed by atoms with Gasteiger partial charge in [-0.2, -0.15) is 0 Å². The van der Waals surface area contributed by atoms with Gasteiger partial charge in [0.2, 0.25) is 0 Å². The van der Waals surface area contributed by atoms with Gasteiger partial charge in [0, 0.05) is 0 Å². The minimum Gasteiger partial charge on any atom is -0.381 e. The molecule has 2 rings (SSSR count). The molecule has 1 heterocycles. The van der Waals surface area contributed by atoms with E-state index in [-0.39, 0.29) is 5.41 Å². The predicted molar refractivity (Wildman–Crippen MR) is 69.2 cm³/mol. The van der Waals surface area contributed by atoms with Crippen LogP contribution in [0, 0.1) is 6.92 Å². The summed E-state index contributed by atoms with van der Waals surface area (Å²) in [4.78, 5) is 0. The molecule has 0 unspecified atom stereocenters. The maximum Gasteiger partial charge on any atom is 0.169 e. The minimum absolute atomic E-state index is 0.162. The second kappa shape index (κ2) is 3.87. The summed E-state index contributed by atoms with van der Waals surface area (Å²) in [5.41, 5.74) is 9.00. The molecule has 0 saturated heterocycles. The van der Waals surface area contributed by atoms with Gasteiger partial charge in [0.05, 0.1) is 11.4 Å². The Morgan fingerprint density at radius 3 is 2.12 bits per heavy atom. The Morgan fingerprint density at radius 2 is 1.71 bits per heavy atom. The highest BCUT2D eigenvalue weighted by atomic mass is 15.4. The number of rotatable bonds is 1. The van der Waals surface area contributed by atoms with E-state index in [1.807, 2.05) is 19.1 Å². The van der Waals surface area contributed by atoms with Crippen LogP contribution in [0.2, 0.25) is 0 Å². The van der Waals surface area contributed by atoms with E-state index in [4.69, 9.17) is 5.73 Å². The van der Waals surface area contributed by atoms with Crippen LogP contribution < -0.4 is 5.73 Å². The number of hydrogen-bond acceptors (Lipinski definition) is 3. The Balaban J connectivity index is 2.40. The van der Waals surface area contributed by atoms with Crippen LogP contribution in [-0.4, -0.2) is 15.0 Å². The predicted octanol–water partition coefficient (Wildman–Crippen LogP) is 2.46. The van der Waals surface area contributed by atoms with Crippen LogP contribution in [0.5, 0.6) is 0 Å². The van der Waals surface area contributed by atoms with Gasteiger partial charge >= 0.3 is 0 Å². The average Bonchev–Trinajstić information content (AvgIpc) is 2.59. The Kier molecular flexibility index (Phi) is 2.65. The van der Waals surface area contributed by atoms with Crippen molar-refractivity contribution in [2.45, 2.75) is 33.1 Å². The molecule has 0 saturated carbocycles. The van der Waals surface area contributed by atoms with Gasteiger partial charge in [-0.25, -0.2) is 4.68 Å². The number of benzene rings is 1. The second-order valence-corrected chi connectivity index (χ2v) is 5.27. The summed E-state index contributed by atoms with van der Waals surface area (Å²) in [6.07, 6.45) is 0. The number of nitrogens with two attached hydrogens (primary N) is 1. The molecule has 0 aliphatic carbocycles. The molecule has 0 fully saturated rings. The lowest BCUT2D eigenvalue weighted by atomic mass is 9.87. The highest BCUT2D eigenvalue weighted by Gasteiger charge is 2.14. The Bertz CT molecular complexity index is 517. The van der Waals surface area contributed by atoms with Gasteiger partial charge in [-0.05, 0) is 30.0 Å². The molecule has 0 spiro atoms. The van der Waals surface area contributed by atoms with Crippen molar-refractivity contribution in [2.75, 3.05) is 5.73 Å². The van der Waals surface area contributed by atoms with Crippen LogP contribution in [0.3, 0.4) is 0 Å². The smallest absolute Gasteiger partial charge is 0.169 e. The van der Waals surface area contributed by atoms with Crippen LogP contribution in [0.25, 0.3) is 5.69 Å². The molecule has 90 valence electrons. The monoisotopic (exact) mass is 230 g/mol. The van der Waals surface area contributed by atoms with Crippen LogP contribution in [0.15, 0.2) is 24.3 Å². The molecule has 2 aromatic rings. The third-order valence-corrected chi connectivity index (χ3v) is 2.91. The first-order valence-electron chi connectivity index (χ1n) is 5.68. The molecule has 1 aromatic carbocycles. The Labute approximate surface area is 101 Å². The van der Waals surface area contributed by atoms with Gasteiger partial charge in [0.25, 0.3) is 0 Å².